The minimum Gasteiger partial charge on any atom is -0.438 e. The molecule has 1 aliphatic carbocycles. The third kappa shape index (κ3) is 5.35. The molecule has 0 radical (unpaired) electrons. The van der Waals surface area contributed by atoms with Crippen molar-refractivity contribution in [1.29, 1.82) is 5.41 Å². The van der Waals surface area contributed by atoms with Crippen LogP contribution in [0.2, 0.25) is 0 Å². The van der Waals surface area contributed by atoms with Crippen molar-refractivity contribution < 1.29 is 14.3 Å². The first-order valence-corrected chi connectivity index (χ1v) is 10.5. The first kappa shape index (κ1) is 22.0. The summed E-state index contributed by atoms with van der Waals surface area (Å²) in [4.78, 5) is 28.8. The maximum absolute atomic E-state index is 12.5. The molecular formula is C23H25N7O3. The first-order valence-electron chi connectivity index (χ1n) is 10.5. The number of anilines is 2. The molecule has 0 atom stereocenters. The largest absolute Gasteiger partial charge is 0.438 e. The summed E-state index contributed by atoms with van der Waals surface area (Å²) < 4.78 is 7.43. The molecule has 1 aliphatic rings. The van der Waals surface area contributed by atoms with Gasteiger partial charge in [0.2, 0.25) is 11.8 Å². The summed E-state index contributed by atoms with van der Waals surface area (Å²) >= 11 is 0. The summed E-state index contributed by atoms with van der Waals surface area (Å²) in [5.41, 5.74) is 2.56. The highest BCUT2D eigenvalue weighted by Gasteiger charge is 2.30. The minimum atomic E-state index is -0.358. The Morgan fingerprint density at radius 1 is 1.21 bits per heavy atom. The highest BCUT2D eigenvalue weighted by molar-refractivity contribution is 6.08. The number of aryl methyl sites for hydroxylation is 1. The Hall–Kier alpha value is -4.21. The van der Waals surface area contributed by atoms with Gasteiger partial charge in [0, 0.05) is 36.5 Å². The molecule has 1 saturated carbocycles. The van der Waals surface area contributed by atoms with Crippen molar-refractivity contribution in [3.8, 4) is 11.6 Å². The van der Waals surface area contributed by atoms with Crippen LogP contribution in [-0.2, 0) is 9.59 Å². The first-order chi connectivity index (χ1) is 15.8. The fourth-order valence-corrected chi connectivity index (χ4v) is 3.13. The lowest BCUT2D eigenvalue weighted by atomic mass is 10.2. The molecule has 33 heavy (non-hydrogen) atoms. The second-order valence-corrected chi connectivity index (χ2v) is 7.89. The van der Waals surface area contributed by atoms with Crippen molar-refractivity contribution in [1.82, 2.24) is 19.9 Å². The standard InChI is InChI=1S/C23H25N7O3/c1-13-4-7-16(11-17(13)26-23(32)18(25-3)10-14(2)24)33-21-9-8-20-27-19(12-30(20)29-21)28-22(31)15-5-6-15/h4,7-12,15,24-25H,5-6H2,1-3H3,(H,26,32)(H,28,31)/b18-10-,24-14?. The van der Waals surface area contributed by atoms with E-state index in [1.54, 1.807) is 48.9 Å². The van der Waals surface area contributed by atoms with Crippen LogP contribution >= 0.6 is 0 Å². The number of fused-ring (bicyclic) bond motifs is 1. The number of nitrogens with zero attached hydrogens (tertiary/aromatic N) is 3. The van der Waals surface area contributed by atoms with E-state index in [0.717, 1.165) is 18.4 Å². The topological polar surface area (TPSA) is 134 Å². The molecule has 0 unspecified atom stereocenters. The van der Waals surface area contributed by atoms with E-state index in [-0.39, 0.29) is 29.1 Å². The third-order valence-corrected chi connectivity index (χ3v) is 5.05. The predicted octanol–water partition coefficient (Wildman–Crippen LogP) is 3.26. The number of amides is 2. The Bertz CT molecular complexity index is 1270. The van der Waals surface area contributed by atoms with Crippen LogP contribution in [0.1, 0.15) is 25.3 Å². The molecule has 2 heterocycles. The second-order valence-electron chi connectivity index (χ2n) is 7.89. The van der Waals surface area contributed by atoms with Crippen LogP contribution in [-0.4, -0.2) is 39.2 Å². The Balaban J connectivity index is 1.49. The zero-order chi connectivity index (χ0) is 23.5. The van der Waals surface area contributed by atoms with E-state index < -0.39 is 0 Å². The van der Waals surface area contributed by atoms with E-state index in [1.807, 2.05) is 13.0 Å². The second kappa shape index (κ2) is 9.11. The molecule has 170 valence electrons. The van der Waals surface area contributed by atoms with Gasteiger partial charge >= 0.3 is 0 Å². The molecular weight excluding hydrogens is 422 g/mol. The van der Waals surface area contributed by atoms with E-state index in [0.29, 0.717) is 28.8 Å². The van der Waals surface area contributed by atoms with Gasteiger partial charge in [0.1, 0.15) is 11.4 Å². The zero-order valence-corrected chi connectivity index (χ0v) is 18.6. The summed E-state index contributed by atoms with van der Waals surface area (Å²) in [5.74, 6) is 0.982. The van der Waals surface area contributed by atoms with Gasteiger partial charge in [0.15, 0.2) is 11.5 Å². The van der Waals surface area contributed by atoms with Crippen molar-refractivity contribution in [2.45, 2.75) is 26.7 Å². The molecule has 1 fully saturated rings. The van der Waals surface area contributed by atoms with E-state index in [2.05, 4.69) is 26.0 Å². The van der Waals surface area contributed by atoms with Crippen molar-refractivity contribution in [2.75, 3.05) is 17.7 Å². The van der Waals surface area contributed by atoms with E-state index in [9.17, 15) is 9.59 Å². The molecule has 1 aromatic carbocycles. The van der Waals surface area contributed by atoms with Gasteiger partial charge in [0.25, 0.3) is 5.91 Å². The van der Waals surface area contributed by atoms with Crippen molar-refractivity contribution in [2.24, 2.45) is 5.92 Å². The average molecular weight is 447 g/mol. The van der Waals surface area contributed by atoms with Crippen LogP contribution in [0, 0.1) is 18.3 Å². The summed E-state index contributed by atoms with van der Waals surface area (Å²) in [7, 11) is 1.63. The maximum Gasteiger partial charge on any atom is 0.271 e. The number of nitrogens with one attached hydrogen (secondary N) is 4. The molecule has 10 heteroatoms. The van der Waals surface area contributed by atoms with Crippen molar-refractivity contribution in [3.63, 3.8) is 0 Å². The molecule has 4 N–H and O–H groups in total. The maximum atomic E-state index is 12.5. The van der Waals surface area contributed by atoms with E-state index in [1.165, 1.54) is 6.08 Å². The monoisotopic (exact) mass is 447 g/mol. The Morgan fingerprint density at radius 2 is 2.00 bits per heavy atom. The number of hydrogen-bond donors (Lipinski definition) is 4. The lowest BCUT2D eigenvalue weighted by Gasteiger charge is -2.13. The van der Waals surface area contributed by atoms with Crippen LogP contribution in [0.15, 0.2) is 48.3 Å². The molecule has 4 rings (SSSR count). The lowest BCUT2D eigenvalue weighted by molar-refractivity contribution is -0.117. The van der Waals surface area contributed by atoms with E-state index in [4.69, 9.17) is 10.1 Å². The van der Waals surface area contributed by atoms with Gasteiger partial charge in [-0.05, 0) is 50.5 Å². The number of carbonyl (C=O) groups is 2. The van der Waals surface area contributed by atoms with Gasteiger partial charge in [-0.25, -0.2) is 9.50 Å². The normalized spacial score (nSPS) is 13.5. The third-order valence-electron chi connectivity index (χ3n) is 5.05. The molecule has 10 nitrogen and oxygen atoms in total. The number of rotatable bonds is 8. The number of imidazole rings is 1. The molecule has 2 aromatic heterocycles. The average Bonchev–Trinajstić information content (AvgIpc) is 3.55. The summed E-state index contributed by atoms with van der Waals surface area (Å²) in [6.45, 7) is 3.47. The Labute approximate surface area is 190 Å². The number of likely N-dealkylation sites (N-methyl/N-ethyl adjacent to an activating group) is 1. The molecule has 0 spiro atoms. The highest BCUT2D eigenvalue weighted by atomic mass is 16.5. The van der Waals surface area contributed by atoms with Crippen molar-refractivity contribution in [3.05, 3.63) is 53.9 Å². The van der Waals surface area contributed by atoms with Gasteiger partial charge in [-0.2, -0.15) is 0 Å². The van der Waals surface area contributed by atoms with Crippen LogP contribution in [0.5, 0.6) is 11.6 Å². The number of hydrogen-bond acceptors (Lipinski definition) is 7. The number of allylic oxidation sites excluding steroid dienone is 1. The molecule has 0 aliphatic heterocycles. The van der Waals surface area contributed by atoms with E-state index >= 15 is 0 Å². The molecule has 0 bridgehead atoms. The summed E-state index contributed by atoms with van der Waals surface area (Å²) in [6, 6.07) is 8.75. The fourth-order valence-electron chi connectivity index (χ4n) is 3.13. The lowest BCUT2D eigenvalue weighted by Crippen LogP contribution is -2.24. The zero-order valence-electron chi connectivity index (χ0n) is 18.6. The smallest absolute Gasteiger partial charge is 0.271 e. The van der Waals surface area contributed by atoms with Gasteiger partial charge in [-0.3, -0.25) is 9.59 Å². The summed E-state index contributed by atoms with van der Waals surface area (Å²) in [6.07, 6.45) is 4.93. The number of ether oxygens (including phenoxy) is 1. The van der Waals surface area contributed by atoms with Crippen LogP contribution in [0.25, 0.3) is 5.65 Å². The number of aromatic nitrogens is 3. The predicted molar refractivity (Wildman–Crippen MR) is 125 cm³/mol. The Morgan fingerprint density at radius 3 is 2.70 bits per heavy atom. The molecule has 2 amide bonds. The highest BCUT2D eigenvalue weighted by Crippen LogP contribution is 2.30. The van der Waals surface area contributed by atoms with Gasteiger partial charge in [-0.15, -0.1) is 5.10 Å². The SMILES string of the molecule is CN/C(=C\C(C)=N)C(=O)Nc1cc(Oc2ccc3nc(NC(=O)C4CC4)cn3n2)ccc1C. The van der Waals surface area contributed by atoms with Gasteiger partial charge < -0.3 is 26.1 Å². The molecule has 3 aromatic rings. The number of carbonyl (C=O) groups excluding carboxylic acids is 2. The summed E-state index contributed by atoms with van der Waals surface area (Å²) in [5, 5.41) is 20.4. The van der Waals surface area contributed by atoms with Crippen molar-refractivity contribution >= 4 is 34.7 Å². The minimum absolute atomic E-state index is 0.0174. The van der Waals surface area contributed by atoms with Gasteiger partial charge in [0.05, 0.1) is 6.20 Å². The van der Waals surface area contributed by atoms with Crippen LogP contribution < -0.4 is 20.7 Å². The van der Waals surface area contributed by atoms with Gasteiger partial charge in [-0.1, -0.05) is 6.07 Å². The quantitative estimate of drug-likeness (QED) is 0.309. The Kier molecular flexibility index (Phi) is 6.07. The number of benzene rings is 1. The van der Waals surface area contributed by atoms with Crippen LogP contribution in [0.3, 0.4) is 0 Å². The molecule has 0 saturated heterocycles. The fraction of sp³-hybridized carbons (Fsp3) is 0.261. The van der Waals surface area contributed by atoms with Crippen LogP contribution in [0.4, 0.5) is 11.5 Å².